The highest BCUT2D eigenvalue weighted by molar-refractivity contribution is 6.33. The topological polar surface area (TPSA) is 131 Å². The van der Waals surface area contributed by atoms with Crippen LogP contribution in [0.2, 0.25) is 5.02 Å². The molecule has 10 nitrogen and oxygen atoms in total. The van der Waals surface area contributed by atoms with Gasteiger partial charge in [-0.1, -0.05) is 23.7 Å². The Balaban J connectivity index is 1.82. The molecule has 2 aromatic carbocycles. The van der Waals surface area contributed by atoms with Gasteiger partial charge < -0.3 is 9.47 Å². The lowest BCUT2D eigenvalue weighted by molar-refractivity contribution is -0.121. The molecule has 32 heavy (non-hydrogen) atoms. The summed E-state index contributed by atoms with van der Waals surface area (Å²) in [4.78, 5) is 62.5. The molecule has 3 amide bonds. The van der Waals surface area contributed by atoms with Gasteiger partial charge >= 0.3 is 11.9 Å². The fraction of sp³-hybridized carbons (Fsp3) is 0.190. The molecule has 11 heteroatoms. The Bertz CT molecular complexity index is 1080. The van der Waals surface area contributed by atoms with Crippen LogP contribution in [0.5, 0.6) is 0 Å². The Kier molecular flexibility index (Phi) is 6.86. The van der Waals surface area contributed by atoms with Crippen LogP contribution in [0.25, 0.3) is 0 Å². The predicted molar refractivity (Wildman–Crippen MR) is 112 cm³/mol. The number of amides is 3. The normalized spacial score (nSPS) is 15.5. The molecule has 2 N–H and O–H groups in total. The Morgan fingerprint density at radius 3 is 2.16 bits per heavy atom. The van der Waals surface area contributed by atoms with Crippen molar-refractivity contribution in [2.75, 3.05) is 19.1 Å². The smallest absolute Gasteiger partial charge is 0.337 e. The van der Waals surface area contributed by atoms with E-state index >= 15 is 0 Å². The first-order valence-corrected chi connectivity index (χ1v) is 9.63. The van der Waals surface area contributed by atoms with Crippen molar-refractivity contribution in [2.45, 2.75) is 12.5 Å². The van der Waals surface area contributed by atoms with Gasteiger partial charge in [-0.25, -0.2) is 19.9 Å². The molecule has 1 saturated heterocycles. The summed E-state index contributed by atoms with van der Waals surface area (Å²) in [7, 11) is 2.31. The third-order valence-corrected chi connectivity index (χ3v) is 4.97. The van der Waals surface area contributed by atoms with Crippen molar-refractivity contribution in [3.63, 3.8) is 0 Å². The minimum Gasteiger partial charge on any atom is -0.465 e. The number of nitrogens with zero attached hydrogens (tertiary/aromatic N) is 1. The van der Waals surface area contributed by atoms with E-state index in [0.29, 0.717) is 0 Å². The minimum atomic E-state index is -1.07. The van der Waals surface area contributed by atoms with Crippen LogP contribution in [-0.4, -0.2) is 49.9 Å². The summed E-state index contributed by atoms with van der Waals surface area (Å²) in [6.07, 6.45) is -0.266. The molecule has 0 aliphatic carbocycles. The van der Waals surface area contributed by atoms with Crippen LogP contribution in [0.15, 0.2) is 42.5 Å². The molecule has 3 rings (SSSR count). The number of rotatable bonds is 6. The lowest BCUT2D eigenvalue weighted by atomic mass is 10.1. The van der Waals surface area contributed by atoms with Crippen LogP contribution in [-0.2, 0) is 19.1 Å². The van der Waals surface area contributed by atoms with Crippen LogP contribution in [0.4, 0.5) is 5.69 Å². The maximum absolute atomic E-state index is 12.9. The number of hydrogen-bond donors (Lipinski definition) is 2. The van der Waals surface area contributed by atoms with Crippen molar-refractivity contribution in [3.05, 3.63) is 64.2 Å². The number of hydrogen-bond acceptors (Lipinski definition) is 8. The van der Waals surface area contributed by atoms with Gasteiger partial charge in [-0.3, -0.25) is 19.8 Å². The molecule has 1 heterocycles. The third kappa shape index (κ3) is 4.61. The lowest BCUT2D eigenvalue weighted by Gasteiger charge is -2.17. The first-order chi connectivity index (χ1) is 15.3. The molecular weight excluding hydrogens is 442 g/mol. The second kappa shape index (κ2) is 9.58. The monoisotopic (exact) mass is 459 g/mol. The van der Waals surface area contributed by atoms with E-state index in [4.69, 9.17) is 11.6 Å². The Morgan fingerprint density at radius 1 is 1.00 bits per heavy atom. The highest BCUT2D eigenvalue weighted by atomic mass is 35.5. The number of esters is 2. The number of hydrazine groups is 1. The van der Waals surface area contributed by atoms with Gasteiger partial charge in [0.15, 0.2) is 0 Å². The molecule has 0 saturated carbocycles. The predicted octanol–water partition coefficient (Wildman–Crippen LogP) is 1.48. The van der Waals surface area contributed by atoms with Crippen LogP contribution in [0.3, 0.4) is 0 Å². The highest BCUT2D eigenvalue weighted by Crippen LogP contribution is 2.26. The van der Waals surface area contributed by atoms with Gasteiger partial charge in [0.25, 0.3) is 11.8 Å². The summed E-state index contributed by atoms with van der Waals surface area (Å²) in [5.74, 6) is -3.41. The van der Waals surface area contributed by atoms with E-state index in [0.717, 1.165) is 19.1 Å². The summed E-state index contributed by atoms with van der Waals surface area (Å²) in [5, 5.41) is 0.220. The maximum Gasteiger partial charge on any atom is 0.337 e. The molecule has 0 bridgehead atoms. The number of benzene rings is 2. The quantitative estimate of drug-likeness (QED) is 0.377. The number of carbonyl (C=O) groups is 5. The van der Waals surface area contributed by atoms with Gasteiger partial charge in [-0.2, -0.15) is 0 Å². The molecule has 1 fully saturated rings. The first-order valence-electron chi connectivity index (χ1n) is 9.25. The average Bonchev–Trinajstić information content (AvgIpc) is 3.09. The van der Waals surface area contributed by atoms with E-state index in [9.17, 15) is 24.0 Å². The van der Waals surface area contributed by atoms with Gasteiger partial charge in [0.2, 0.25) is 5.91 Å². The largest absolute Gasteiger partial charge is 0.465 e. The summed E-state index contributed by atoms with van der Waals surface area (Å²) >= 11 is 5.98. The Labute approximate surface area is 187 Å². The van der Waals surface area contributed by atoms with Crippen molar-refractivity contribution in [1.29, 1.82) is 0 Å². The fourth-order valence-electron chi connectivity index (χ4n) is 3.09. The second-order valence-electron chi connectivity index (χ2n) is 6.65. The molecule has 0 radical (unpaired) electrons. The Hall–Kier alpha value is -3.76. The second-order valence-corrected chi connectivity index (χ2v) is 7.06. The molecule has 1 aliphatic rings. The molecule has 166 valence electrons. The first kappa shape index (κ1) is 22.9. The number of carbonyl (C=O) groups excluding carboxylic acids is 5. The number of methoxy groups -OCH3 is 2. The summed E-state index contributed by atoms with van der Waals surface area (Å²) in [6, 6.07) is 8.98. The lowest BCUT2D eigenvalue weighted by Crippen LogP contribution is -2.48. The van der Waals surface area contributed by atoms with E-state index in [1.54, 1.807) is 12.1 Å². The van der Waals surface area contributed by atoms with E-state index in [-0.39, 0.29) is 33.8 Å². The van der Waals surface area contributed by atoms with Gasteiger partial charge in [-0.05, 0) is 30.3 Å². The zero-order valence-corrected chi connectivity index (χ0v) is 17.8. The zero-order valence-electron chi connectivity index (χ0n) is 17.0. The average molecular weight is 460 g/mol. The van der Waals surface area contributed by atoms with Crippen LogP contribution in [0, 0.1) is 0 Å². The molecule has 2 aromatic rings. The SMILES string of the molecule is COC(=O)c1cc(C(=O)OC)cc(N2C(=O)CC(NNC(=O)c3ccccc3Cl)C2=O)c1. The zero-order chi connectivity index (χ0) is 23.4. The van der Waals surface area contributed by atoms with Crippen LogP contribution >= 0.6 is 11.6 Å². The van der Waals surface area contributed by atoms with Crippen LogP contribution in [0.1, 0.15) is 37.5 Å². The van der Waals surface area contributed by atoms with Gasteiger partial charge in [0.1, 0.15) is 6.04 Å². The summed E-state index contributed by atoms with van der Waals surface area (Å²) < 4.78 is 9.33. The number of anilines is 1. The fourth-order valence-corrected chi connectivity index (χ4v) is 3.31. The number of imide groups is 1. The van der Waals surface area contributed by atoms with Gasteiger partial charge in [-0.15, -0.1) is 0 Å². The van der Waals surface area contributed by atoms with E-state index < -0.39 is 35.7 Å². The van der Waals surface area contributed by atoms with Crippen molar-refractivity contribution in [1.82, 2.24) is 10.9 Å². The molecule has 1 atom stereocenters. The van der Waals surface area contributed by atoms with Crippen molar-refractivity contribution < 1.29 is 33.4 Å². The van der Waals surface area contributed by atoms with Crippen LogP contribution < -0.4 is 15.8 Å². The van der Waals surface area contributed by atoms with Gasteiger partial charge in [0, 0.05) is 0 Å². The third-order valence-electron chi connectivity index (χ3n) is 4.64. The van der Waals surface area contributed by atoms with Gasteiger partial charge in [0.05, 0.1) is 48.0 Å². The molecule has 1 aliphatic heterocycles. The standard InChI is InChI=1S/C21H18ClN3O7/c1-31-20(29)11-7-12(21(30)32-2)9-13(8-11)25-17(26)10-16(19(25)28)23-24-18(27)14-5-3-4-6-15(14)22/h3-9,16,23H,10H2,1-2H3,(H,24,27). The van der Waals surface area contributed by atoms with E-state index in [1.165, 1.54) is 30.3 Å². The van der Waals surface area contributed by atoms with Crippen molar-refractivity contribution >= 4 is 46.9 Å². The van der Waals surface area contributed by atoms with E-state index in [2.05, 4.69) is 20.3 Å². The number of halogens is 1. The highest BCUT2D eigenvalue weighted by Gasteiger charge is 2.40. The summed E-state index contributed by atoms with van der Waals surface area (Å²) in [6.45, 7) is 0. The Morgan fingerprint density at radius 2 is 1.59 bits per heavy atom. The van der Waals surface area contributed by atoms with Crippen molar-refractivity contribution in [2.24, 2.45) is 0 Å². The van der Waals surface area contributed by atoms with E-state index in [1.807, 2.05) is 0 Å². The molecule has 0 spiro atoms. The maximum atomic E-state index is 12.9. The minimum absolute atomic E-state index is 0.00923. The molecular formula is C21H18ClN3O7. The van der Waals surface area contributed by atoms with Crippen molar-refractivity contribution in [3.8, 4) is 0 Å². The summed E-state index contributed by atoms with van der Waals surface area (Å²) in [5.41, 5.74) is 4.97. The number of ether oxygens (including phenoxy) is 2. The molecule has 0 aromatic heterocycles. The number of nitrogens with one attached hydrogen (secondary N) is 2. The molecule has 1 unspecified atom stereocenters.